The number of carbonyl (C=O) groups excluding carboxylic acids is 3. The van der Waals surface area contributed by atoms with Crippen molar-refractivity contribution in [2.45, 2.75) is 13.0 Å². The molecule has 0 N–H and O–H groups in total. The Hall–Kier alpha value is -3.39. The van der Waals surface area contributed by atoms with Crippen LogP contribution in [-0.4, -0.2) is 75.8 Å². The van der Waals surface area contributed by atoms with E-state index in [1.54, 1.807) is 50.4 Å². The molecule has 1 aliphatic rings. The highest BCUT2D eigenvalue weighted by atomic mass is 16.5. The molecule has 0 spiro atoms. The van der Waals surface area contributed by atoms with Gasteiger partial charge in [-0.05, 0) is 62.5 Å². The summed E-state index contributed by atoms with van der Waals surface area (Å²) in [6.45, 7) is 2.64. The van der Waals surface area contributed by atoms with E-state index in [1.807, 2.05) is 19.0 Å². The van der Waals surface area contributed by atoms with Crippen molar-refractivity contribution in [1.29, 1.82) is 0 Å². The normalized spacial score (nSPS) is 18.1. The zero-order valence-corrected chi connectivity index (χ0v) is 19.9. The fourth-order valence-corrected chi connectivity index (χ4v) is 4.15. The summed E-state index contributed by atoms with van der Waals surface area (Å²) in [5.41, 5.74) is 1.70. The van der Waals surface area contributed by atoms with Crippen LogP contribution in [0.2, 0.25) is 0 Å². The second-order valence-electron chi connectivity index (χ2n) is 8.25. The van der Waals surface area contributed by atoms with Crippen LogP contribution in [-0.2, 0) is 9.59 Å². The number of benzene rings is 2. The molecule has 2 atom stereocenters. The summed E-state index contributed by atoms with van der Waals surface area (Å²) in [5, 5.41) is 0. The zero-order valence-electron chi connectivity index (χ0n) is 19.9. The molecule has 0 saturated carbocycles. The predicted octanol–water partition coefficient (Wildman–Crippen LogP) is 2.53. The molecule has 33 heavy (non-hydrogen) atoms. The third-order valence-electron chi connectivity index (χ3n) is 5.92. The summed E-state index contributed by atoms with van der Waals surface area (Å²) in [6, 6.07) is 9.51. The number of aryl methyl sites for hydroxylation is 1. The highest BCUT2D eigenvalue weighted by Crippen LogP contribution is 2.41. The molecular formula is C25H30N2O6. The minimum absolute atomic E-state index is 0.307. The molecule has 0 aliphatic carbocycles. The highest BCUT2D eigenvalue weighted by molar-refractivity contribution is 6.44. The number of likely N-dealkylation sites (N-methyl/N-ethyl adjacent to an activating group) is 1. The number of hydrogen-bond donors (Lipinski definition) is 0. The van der Waals surface area contributed by atoms with Gasteiger partial charge >= 0.3 is 0 Å². The van der Waals surface area contributed by atoms with Crippen LogP contribution in [0.1, 0.15) is 27.5 Å². The first-order valence-electron chi connectivity index (χ1n) is 10.6. The molecule has 8 heteroatoms. The minimum atomic E-state index is -1.16. The van der Waals surface area contributed by atoms with Gasteiger partial charge in [0.15, 0.2) is 17.3 Å². The van der Waals surface area contributed by atoms with Gasteiger partial charge in [-0.3, -0.25) is 14.4 Å². The van der Waals surface area contributed by atoms with Crippen LogP contribution in [0.25, 0.3) is 0 Å². The van der Waals surface area contributed by atoms with Gasteiger partial charge in [0.1, 0.15) is 11.7 Å². The Morgan fingerprint density at radius 1 is 0.970 bits per heavy atom. The molecule has 0 aromatic heterocycles. The fraction of sp³-hybridized carbons (Fsp3) is 0.400. The summed E-state index contributed by atoms with van der Waals surface area (Å²) in [7, 11) is 8.36. The zero-order chi connectivity index (χ0) is 24.3. The van der Waals surface area contributed by atoms with E-state index in [4.69, 9.17) is 14.2 Å². The smallest absolute Gasteiger partial charge is 0.291 e. The number of methoxy groups -OCH3 is 3. The summed E-state index contributed by atoms with van der Waals surface area (Å²) < 4.78 is 16.0. The van der Waals surface area contributed by atoms with E-state index >= 15 is 0 Å². The molecule has 176 valence electrons. The quantitative estimate of drug-likeness (QED) is 0.327. The van der Waals surface area contributed by atoms with E-state index in [2.05, 4.69) is 0 Å². The lowest BCUT2D eigenvalue weighted by Gasteiger charge is -2.29. The molecular weight excluding hydrogens is 424 g/mol. The molecule has 1 aliphatic heterocycles. The number of ether oxygens (including phenoxy) is 3. The van der Waals surface area contributed by atoms with Crippen molar-refractivity contribution in [1.82, 2.24) is 9.80 Å². The lowest BCUT2D eigenvalue weighted by molar-refractivity contribution is -0.140. The second kappa shape index (κ2) is 10.0. The van der Waals surface area contributed by atoms with E-state index in [0.29, 0.717) is 47.0 Å². The number of likely N-dealkylation sites (tertiary alicyclic amines) is 1. The third-order valence-corrected chi connectivity index (χ3v) is 5.92. The first kappa shape index (κ1) is 24.3. The maximum Gasteiger partial charge on any atom is 0.291 e. The van der Waals surface area contributed by atoms with E-state index in [-0.39, 0.29) is 5.78 Å². The van der Waals surface area contributed by atoms with Crippen LogP contribution in [0.4, 0.5) is 0 Å². The Bertz CT molecular complexity index is 1060. The molecule has 0 bridgehead atoms. The fourth-order valence-electron chi connectivity index (χ4n) is 4.15. The van der Waals surface area contributed by atoms with Crippen molar-refractivity contribution in [3.8, 4) is 17.2 Å². The monoisotopic (exact) mass is 454 g/mol. The largest absolute Gasteiger partial charge is 0.497 e. The number of Topliss-reactive ketones (excluding diaryl/α,β-unsaturated/α-hetero) is 2. The van der Waals surface area contributed by atoms with E-state index < -0.39 is 23.7 Å². The summed E-state index contributed by atoms with van der Waals surface area (Å²) in [4.78, 5) is 43.3. The van der Waals surface area contributed by atoms with Gasteiger partial charge < -0.3 is 24.0 Å². The average Bonchev–Trinajstić information content (AvgIpc) is 3.06. The van der Waals surface area contributed by atoms with Gasteiger partial charge in [0, 0.05) is 18.7 Å². The van der Waals surface area contributed by atoms with Crippen molar-refractivity contribution < 1.29 is 28.6 Å². The van der Waals surface area contributed by atoms with Gasteiger partial charge in [-0.1, -0.05) is 6.07 Å². The maximum absolute atomic E-state index is 13.7. The summed E-state index contributed by atoms with van der Waals surface area (Å²) in [6.07, 6.45) is 0. The van der Waals surface area contributed by atoms with Crippen LogP contribution in [0.5, 0.6) is 17.2 Å². The molecule has 1 heterocycles. The SMILES string of the molecule is COc1ccc(C(=O)C2C(=O)C(=O)N(CCN(C)C)C2c2ccc(OC)c(OC)c2)c(C)c1. The molecule has 2 unspecified atom stereocenters. The third kappa shape index (κ3) is 4.71. The molecule has 2 aromatic carbocycles. The van der Waals surface area contributed by atoms with Crippen LogP contribution in [0.3, 0.4) is 0 Å². The van der Waals surface area contributed by atoms with Crippen LogP contribution in [0, 0.1) is 12.8 Å². The number of rotatable bonds is 9. The van der Waals surface area contributed by atoms with Gasteiger partial charge in [0.25, 0.3) is 5.91 Å². The first-order chi connectivity index (χ1) is 15.7. The first-order valence-corrected chi connectivity index (χ1v) is 10.6. The average molecular weight is 455 g/mol. The number of nitrogens with zero attached hydrogens (tertiary/aromatic N) is 2. The standard InChI is InChI=1S/C25H30N2O6/c1-15-13-17(31-4)8-9-18(15)23(28)21-22(16-7-10-19(32-5)20(14-16)33-6)27(12-11-26(2)3)25(30)24(21)29/h7-10,13-14,21-22H,11-12H2,1-6H3. The van der Waals surface area contributed by atoms with Gasteiger partial charge in [0.2, 0.25) is 5.78 Å². The highest BCUT2D eigenvalue weighted by Gasteiger charge is 2.51. The van der Waals surface area contributed by atoms with Crippen molar-refractivity contribution in [3.63, 3.8) is 0 Å². The second-order valence-corrected chi connectivity index (χ2v) is 8.25. The summed E-state index contributed by atoms with van der Waals surface area (Å²) >= 11 is 0. The Morgan fingerprint density at radius 2 is 1.67 bits per heavy atom. The van der Waals surface area contributed by atoms with E-state index in [1.165, 1.54) is 19.1 Å². The van der Waals surface area contributed by atoms with Crippen molar-refractivity contribution in [2.75, 3.05) is 48.5 Å². The van der Waals surface area contributed by atoms with Gasteiger partial charge in [-0.2, -0.15) is 0 Å². The lowest BCUT2D eigenvalue weighted by atomic mass is 9.85. The van der Waals surface area contributed by atoms with E-state index in [9.17, 15) is 14.4 Å². The van der Waals surface area contributed by atoms with E-state index in [0.717, 1.165) is 0 Å². The maximum atomic E-state index is 13.7. The number of ketones is 2. The molecule has 3 rings (SSSR count). The van der Waals surface area contributed by atoms with Crippen LogP contribution < -0.4 is 14.2 Å². The van der Waals surface area contributed by atoms with Gasteiger partial charge in [-0.25, -0.2) is 0 Å². The summed E-state index contributed by atoms with van der Waals surface area (Å²) in [5.74, 6) is -1.31. The molecule has 1 amide bonds. The minimum Gasteiger partial charge on any atom is -0.497 e. The van der Waals surface area contributed by atoms with Crippen LogP contribution >= 0.6 is 0 Å². The van der Waals surface area contributed by atoms with Gasteiger partial charge in [0.05, 0.1) is 27.4 Å². The lowest BCUT2D eigenvalue weighted by Crippen LogP contribution is -2.36. The number of carbonyl (C=O) groups is 3. The van der Waals surface area contributed by atoms with Crippen LogP contribution in [0.15, 0.2) is 36.4 Å². The van der Waals surface area contributed by atoms with Gasteiger partial charge in [-0.15, -0.1) is 0 Å². The molecule has 0 radical (unpaired) electrons. The Balaban J connectivity index is 2.11. The molecule has 1 fully saturated rings. The Kier molecular flexibility index (Phi) is 7.38. The molecule has 1 saturated heterocycles. The molecule has 2 aromatic rings. The topological polar surface area (TPSA) is 85.4 Å². The number of amides is 1. The Labute approximate surface area is 194 Å². The Morgan fingerprint density at radius 3 is 2.24 bits per heavy atom. The van der Waals surface area contributed by atoms with Crippen molar-refractivity contribution in [2.24, 2.45) is 5.92 Å². The van der Waals surface area contributed by atoms with Crippen molar-refractivity contribution >= 4 is 17.5 Å². The van der Waals surface area contributed by atoms with Crippen molar-refractivity contribution in [3.05, 3.63) is 53.1 Å². The predicted molar refractivity (Wildman–Crippen MR) is 123 cm³/mol. The molecule has 8 nitrogen and oxygen atoms in total. The number of hydrogen-bond acceptors (Lipinski definition) is 7.